The lowest BCUT2D eigenvalue weighted by Gasteiger charge is -2.31. The highest BCUT2D eigenvalue weighted by molar-refractivity contribution is 5.98. The van der Waals surface area contributed by atoms with Crippen molar-refractivity contribution in [3.05, 3.63) is 34.6 Å². The van der Waals surface area contributed by atoms with Gasteiger partial charge in [-0.1, -0.05) is 0 Å². The summed E-state index contributed by atoms with van der Waals surface area (Å²) in [6.07, 6.45) is 3.21. The average Bonchev–Trinajstić information content (AvgIpc) is 3.04. The number of carbonyl (C=O) groups excluding carboxylic acids is 2. The summed E-state index contributed by atoms with van der Waals surface area (Å²) in [7, 11) is 0. The lowest BCUT2D eigenvalue weighted by molar-refractivity contribution is -0.150. The molecule has 2 heterocycles. The van der Waals surface area contributed by atoms with Crippen LogP contribution >= 0.6 is 0 Å². The minimum Gasteiger partial charge on any atom is -0.493 e. The summed E-state index contributed by atoms with van der Waals surface area (Å²) < 4.78 is 17.1. The van der Waals surface area contributed by atoms with E-state index in [0.717, 1.165) is 57.6 Å². The second kappa shape index (κ2) is 9.58. The van der Waals surface area contributed by atoms with Gasteiger partial charge in [-0.25, -0.2) is 0 Å². The molecule has 1 aliphatic rings. The number of hydrogen-bond donors (Lipinski definition) is 0. The number of rotatable bonds is 6. The Morgan fingerprint density at radius 1 is 1.19 bits per heavy atom. The zero-order valence-corrected chi connectivity index (χ0v) is 19.5. The third kappa shape index (κ3) is 4.63. The monoisotopic (exact) mass is 427 g/mol. The van der Waals surface area contributed by atoms with Crippen LogP contribution in [-0.2, 0) is 14.3 Å². The van der Waals surface area contributed by atoms with Crippen molar-refractivity contribution in [2.45, 2.75) is 54.4 Å². The van der Waals surface area contributed by atoms with Crippen LogP contribution in [0.1, 0.15) is 56.1 Å². The van der Waals surface area contributed by atoms with Gasteiger partial charge in [-0.15, -0.1) is 0 Å². The lowest BCUT2D eigenvalue weighted by atomic mass is 9.96. The van der Waals surface area contributed by atoms with Gasteiger partial charge in [0.1, 0.15) is 17.1 Å². The Kier molecular flexibility index (Phi) is 7.08. The molecule has 1 saturated heterocycles. The van der Waals surface area contributed by atoms with E-state index in [1.165, 1.54) is 0 Å². The molecule has 0 radical (unpaired) electrons. The minimum absolute atomic E-state index is 0.0909. The summed E-state index contributed by atoms with van der Waals surface area (Å²) in [5.41, 5.74) is 4.58. The maximum Gasteiger partial charge on any atom is 0.310 e. The van der Waals surface area contributed by atoms with E-state index in [1.54, 1.807) is 17.9 Å². The molecule has 6 heteroatoms. The number of amides is 1. The standard InChI is InChI=1S/C25H33NO5/c1-7-29-23-17(5)24-21(16(4)18(6)31-24)13-20(23)15(3)12-22(27)26-11-9-10-19(14-26)25(28)30-8-2/h12-13,19H,7-11,14H2,1-6H3/b15-12+. The van der Waals surface area contributed by atoms with Crippen molar-refractivity contribution in [2.24, 2.45) is 5.92 Å². The van der Waals surface area contributed by atoms with Gasteiger partial charge in [-0.3, -0.25) is 9.59 Å². The molecular weight excluding hydrogens is 394 g/mol. The molecule has 31 heavy (non-hydrogen) atoms. The Labute approximate surface area is 184 Å². The number of likely N-dealkylation sites (tertiary alicyclic amines) is 1. The Hall–Kier alpha value is -2.76. The van der Waals surface area contributed by atoms with Crippen LogP contribution in [0.25, 0.3) is 16.5 Å². The highest BCUT2D eigenvalue weighted by Gasteiger charge is 2.29. The first-order valence-corrected chi connectivity index (χ1v) is 11.1. The number of carbonyl (C=O) groups is 2. The molecule has 0 N–H and O–H groups in total. The summed E-state index contributed by atoms with van der Waals surface area (Å²) >= 11 is 0. The predicted molar refractivity (Wildman–Crippen MR) is 121 cm³/mol. The highest BCUT2D eigenvalue weighted by Crippen LogP contribution is 2.39. The first kappa shape index (κ1) is 22.9. The molecule has 0 saturated carbocycles. The van der Waals surface area contributed by atoms with Crippen molar-refractivity contribution in [3.63, 3.8) is 0 Å². The maximum atomic E-state index is 13.0. The fourth-order valence-electron chi connectivity index (χ4n) is 4.22. The fraction of sp³-hybridized carbons (Fsp3) is 0.520. The van der Waals surface area contributed by atoms with Gasteiger partial charge in [0.05, 0.1) is 19.1 Å². The van der Waals surface area contributed by atoms with E-state index in [0.29, 0.717) is 26.3 Å². The van der Waals surface area contributed by atoms with Gasteiger partial charge in [-0.05, 0) is 71.6 Å². The number of allylic oxidation sites excluding steroid dienone is 1. The first-order valence-electron chi connectivity index (χ1n) is 11.1. The largest absolute Gasteiger partial charge is 0.493 e. The molecule has 1 aliphatic heterocycles. The number of ether oxygens (including phenoxy) is 2. The first-order chi connectivity index (χ1) is 14.8. The Morgan fingerprint density at radius 2 is 1.94 bits per heavy atom. The molecule has 1 aromatic heterocycles. The number of aryl methyl sites for hydroxylation is 3. The molecule has 2 aromatic rings. The average molecular weight is 428 g/mol. The van der Waals surface area contributed by atoms with Gasteiger partial charge in [0.25, 0.3) is 0 Å². The highest BCUT2D eigenvalue weighted by atomic mass is 16.5. The van der Waals surface area contributed by atoms with Crippen LogP contribution in [0.4, 0.5) is 0 Å². The number of piperidine rings is 1. The third-order valence-electron chi connectivity index (χ3n) is 6.05. The molecule has 0 aliphatic carbocycles. The van der Waals surface area contributed by atoms with Gasteiger partial charge in [0.15, 0.2) is 0 Å². The lowest BCUT2D eigenvalue weighted by Crippen LogP contribution is -2.42. The van der Waals surface area contributed by atoms with Crippen LogP contribution in [-0.4, -0.2) is 43.1 Å². The van der Waals surface area contributed by atoms with Crippen molar-refractivity contribution in [2.75, 3.05) is 26.3 Å². The van der Waals surface area contributed by atoms with Gasteiger partial charge >= 0.3 is 5.97 Å². The molecule has 168 valence electrons. The van der Waals surface area contributed by atoms with Crippen LogP contribution in [0.2, 0.25) is 0 Å². The fourth-order valence-corrected chi connectivity index (χ4v) is 4.22. The number of benzene rings is 1. The van der Waals surface area contributed by atoms with Gasteiger partial charge < -0.3 is 18.8 Å². The summed E-state index contributed by atoms with van der Waals surface area (Å²) in [4.78, 5) is 26.9. The smallest absolute Gasteiger partial charge is 0.310 e. The second-order valence-electron chi connectivity index (χ2n) is 8.17. The maximum absolute atomic E-state index is 13.0. The summed E-state index contributed by atoms with van der Waals surface area (Å²) in [6, 6.07) is 2.05. The summed E-state index contributed by atoms with van der Waals surface area (Å²) in [6.45, 7) is 13.6. The van der Waals surface area contributed by atoms with E-state index in [1.807, 2.05) is 34.6 Å². The van der Waals surface area contributed by atoms with E-state index in [2.05, 4.69) is 6.07 Å². The predicted octanol–water partition coefficient (Wildman–Crippen LogP) is 4.96. The number of hydrogen-bond acceptors (Lipinski definition) is 5. The number of fused-ring (bicyclic) bond motifs is 1. The molecule has 0 bridgehead atoms. The van der Waals surface area contributed by atoms with E-state index in [4.69, 9.17) is 13.9 Å². The van der Waals surface area contributed by atoms with Crippen LogP contribution in [0, 0.1) is 26.7 Å². The normalized spacial score (nSPS) is 17.2. The van der Waals surface area contributed by atoms with Crippen molar-refractivity contribution < 1.29 is 23.5 Å². The van der Waals surface area contributed by atoms with Crippen molar-refractivity contribution in [3.8, 4) is 5.75 Å². The molecule has 1 amide bonds. The van der Waals surface area contributed by atoms with Gasteiger partial charge in [-0.2, -0.15) is 0 Å². The topological polar surface area (TPSA) is 69.0 Å². The van der Waals surface area contributed by atoms with Crippen molar-refractivity contribution in [1.29, 1.82) is 0 Å². The summed E-state index contributed by atoms with van der Waals surface area (Å²) in [5.74, 6) is 1.07. The molecule has 0 spiro atoms. The van der Waals surface area contributed by atoms with E-state index >= 15 is 0 Å². The zero-order chi connectivity index (χ0) is 22.7. The Morgan fingerprint density at radius 3 is 2.61 bits per heavy atom. The van der Waals surface area contributed by atoms with Crippen LogP contribution in [0.3, 0.4) is 0 Å². The Bertz CT molecular complexity index is 1020. The van der Waals surface area contributed by atoms with E-state index < -0.39 is 0 Å². The van der Waals surface area contributed by atoms with Crippen LogP contribution < -0.4 is 4.74 Å². The SMILES string of the molecule is CCOC(=O)C1CCCN(C(=O)/C=C(\C)c2cc3c(C)c(C)oc3c(C)c2OCC)C1. The molecule has 6 nitrogen and oxygen atoms in total. The van der Waals surface area contributed by atoms with E-state index in [9.17, 15) is 9.59 Å². The summed E-state index contributed by atoms with van der Waals surface area (Å²) in [5, 5.41) is 1.04. The molecule has 1 unspecified atom stereocenters. The van der Waals surface area contributed by atoms with Crippen LogP contribution in [0.5, 0.6) is 5.75 Å². The van der Waals surface area contributed by atoms with Gasteiger partial charge in [0, 0.05) is 35.7 Å². The zero-order valence-electron chi connectivity index (χ0n) is 19.5. The molecule has 3 rings (SSSR count). The van der Waals surface area contributed by atoms with Crippen LogP contribution in [0.15, 0.2) is 16.6 Å². The van der Waals surface area contributed by atoms with Crippen molar-refractivity contribution in [1.82, 2.24) is 4.90 Å². The van der Waals surface area contributed by atoms with E-state index in [-0.39, 0.29) is 17.8 Å². The van der Waals surface area contributed by atoms with Gasteiger partial charge in [0.2, 0.25) is 5.91 Å². The number of furan rings is 1. The molecular formula is C25H33NO5. The molecule has 1 atom stereocenters. The third-order valence-corrected chi connectivity index (χ3v) is 6.05. The number of nitrogens with zero attached hydrogens (tertiary/aromatic N) is 1. The number of esters is 1. The van der Waals surface area contributed by atoms with Crippen molar-refractivity contribution >= 4 is 28.4 Å². The molecule has 1 fully saturated rings. The quantitative estimate of drug-likeness (QED) is 0.481. The second-order valence-corrected chi connectivity index (χ2v) is 8.17. The Balaban J connectivity index is 1.93. The molecule has 1 aromatic carbocycles. The minimum atomic E-state index is -0.250.